The third kappa shape index (κ3) is 5.96. The number of hydrogen-bond acceptors (Lipinski definition) is 2. The zero-order valence-electron chi connectivity index (χ0n) is 34.0. The Kier molecular flexibility index (Phi) is 8.53. The number of nitrogens with zero attached hydrogens (tertiary/aromatic N) is 2. The Morgan fingerprint density at radius 2 is 0.516 bits per heavy atom. The monoisotopic (exact) mass is 788 g/mol. The van der Waals surface area contributed by atoms with Gasteiger partial charge in [0.05, 0.1) is 22.7 Å². The second kappa shape index (κ2) is 14.8. The number of rotatable bonds is 5. The lowest BCUT2D eigenvalue weighted by atomic mass is 9.90. The summed E-state index contributed by atoms with van der Waals surface area (Å²) < 4.78 is 0. The fraction of sp³-hybridized carbons (Fsp3) is 0. The quantitative estimate of drug-likeness (QED) is 0.171. The van der Waals surface area contributed by atoms with Crippen molar-refractivity contribution in [2.75, 3.05) is 9.80 Å². The zero-order valence-corrected chi connectivity index (χ0v) is 34.0. The summed E-state index contributed by atoms with van der Waals surface area (Å²) >= 11 is 0. The van der Waals surface area contributed by atoms with Crippen LogP contribution in [0.4, 0.5) is 34.1 Å². The van der Waals surface area contributed by atoms with Gasteiger partial charge in [-0.2, -0.15) is 0 Å². The fourth-order valence-corrected chi connectivity index (χ4v) is 9.66. The molecule has 0 spiro atoms. The molecule has 10 aromatic rings. The Bertz CT molecular complexity index is 3290. The minimum Gasteiger partial charge on any atom is -0.309 e. The maximum Gasteiger partial charge on any atom is 0.0540 e. The number of para-hydroxylation sites is 2. The van der Waals surface area contributed by atoms with Gasteiger partial charge in [-0.25, -0.2) is 0 Å². The van der Waals surface area contributed by atoms with Crippen LogP contribution in [-0.4, -0.2) is 0 Å². The standard InChI is InChI=1S/C60H40N2/c1-3-16-41(17-4-1)43-30-34-47(35-31-43)61-57-28-13-11-26-53(57)49-22-7-9-24-51(49)55-39-45(32-36-59(55)61)46-33-37-60-56(40-46)52-25-10-8-23-50(52)54-27-12-14-29-58(54)62(60)48-21-15-20-44(38-48)42-18-5-2-6-19-42/h1-40H. The van der Waals surface area contributed by atoms with Crippen molar-refractivity contribution >= 4 is 34.1 Å². The number of hydrogen-bond donors (Lipinski definition) is 0. The molecule has 0 atom stereocenters. The van der Waals surface area contributed by atoms with Gasteiger partial charge < -0.3 is 9.80 Å². The first-order valence-electron chi connectivity index (χ1n) is 21.3. The normalized spacial score (nSPS) is 12.1. The summed E-state index contributed by atoms with van der Waals surface area (Å²) in [7, 11) is 0. The first-order chi connectivity index (χ1) is 30.8. The molecule has 0 saturated carbocycles. The van der Waals surface area contributed by atoms with E-state index in [1.807, 2.05) is 0 Å². The molecule has 2 nitrogen and oxygen atoms in total. The Hall–Kier alpha value is -8.20. The van der Waals surface area contributed by atoms with Gasteiger partial charge in [0.25, 0.3) is 0 Å². The van der Waals surface area contributed by atoms with Crippen LogP contribution in [0.2, 0.25) is 0 Å². The molecule has 62 heavy (non-hydrogen) atoms. The van der Waals surface area contributed by atoms with E-state index in [0.29, 0.717) is 0 Å². The van der Waals surface area contributed by atoms with Gasteiger partial charge in [-0.05, 0) is 116 Å². The highest BCUT2D eigenvalue weighted by atomic mass is 15.2. The molecule has 12 rings (SSSR count). The lowest BCUT2D eigenvalue weighted by molar-refractivity contribution is 1.29. The van der Waals surface area contributed by atoms with Crippen molar-refractivity contribution in [3.63, 3.8) is 0 Å². The summed E-state index contributed by atoms with van der Waals surface area (Å²) in [5.41, 5.74) is 23.7. The van der Waals surface area contributed by atoms with Crippen molar-refractivity contribution in [3.05, 3.63) is 243 Å². The first kappa shape index (κ1) is 35.7. The van der Waals surface area contributed by atoms with Crippen LogP contribution in [0.15, 0.2) is 243 Å². The zero-order chi connectivity index (χ0) is 41.0. The van der Waals surface area contributed by atoms with Gasteiger partial charge in [-0.1, -0.05) is 182 Å². The van der Waals surface area contributed by atoms with E-state index in [0.717, 1.165) is 34.1 Å². The van der Waals surface area contributed by atoms with E-state index >= 15 is 0 Å². The van der Waals surface area contributed by atoms with Gasteiger partial charge in [-0.15, -0.1) is 0 Å². The van der Waals surface area contributed by atoms with Gasteiger partial charge in [0.1, 0.15) is 0 Å². The average Bonchev–Trinajstić information content (AvgIpc) is 3.56. The minimum atomic E-state index is 1.12. The van der Waals surface area contributed by atoms with Crippen LogP contribution >= 0.6 is 0 Å². The topological polar surface area (TPSA) is 6.48 Å². The Morgan fingerprint density at radius 1 is 0.177 bits per heavy atom. The molecule has 0 unspecified atom stereocenters. The molecular formula is C60H40N2. The third-order valence-corrected chi connectivity index (χ3v) is 12.6. The van der Waals surface area contributed by atoms with Crippen molar-refractivity contribution in [1.29, 1.82) is 0 Å². The second-order valence-corrected chi connectivity index (χ2v) is 16.1. The maximum atomic E-state index is 2.45. The molecule has 0 aromatic heterocycles. The minimum absolute atomic E-state index is 1.12. The van der Waals surface area contributed by atoms with Gasteiger partial charge in [0, 0.05) is 33.6 Å². The smallest absolute Gasteiger partial charge is 0.0540 e. The van der Waals surface area contributed by atoms with Crippen molar-refractivity contribution in [2.24, 2.45) is 0 Å². The Morgan fingerprint density at radius 3 is 1.03 bits per heavy atom. The van der Waals surface area contributed by atoms with Crippen LogP contribution in [0, 0.1) is 0 Å². The highest BCUT2D eigenvalue weighted by Gasteiger charge is 2.29. The molecule has 2 heterocycles. The Balaban J connectivity index is 1.04. The van der Waals surface area contributed by atoms with Crippen molar-refractivity contribution in [1.82, 2.24) is 0 Å². The summed E-state index contributed by atoms with van der Waals surface area (Å²) in [5.74, 6) is 0. The number of benzene rings is 10. The fourth-order valence-electron chi connectivity index (χ4n) is 9.66. The van der Waals surface area contributed by atoms with Crippen LogP contribution in [-0.2, 0) is 0 Å². The van der Waals surface area contributed by atoms with Gasteiger partial charge in [-0.3, -0.25) is 0 Å². The first-order valence-corrected chi connectivity index (χ1v) is 21.3. The Labute approximate surface area is 362 Å². The third-order valence-electron chi connectivity index (χ3n) is 12.6. The molecule has 10 aromatic carbocycles. The van der Waals surface area contributed by atoms with E-state index in [-0.39, 0.29) is 0 Å². The highest BCUT2D eigenvalue weighted by molar-refractivity contribution is 6.06. The van der Waals surface area contributed by atoms with E-state index < -0.39 is 0 Å². The van der Waals surface area contributed by atoms with E-state index in [4.69, 9.17) is 0 Å². The lowest BCUT2D eigenvalue weighted by Gasteiger charge is -2.28. The molecule has 290 valence electrons. The molecular weight excluding hydrogens is 749 g/mol. The SMILES string of the molecule is c1ccc(-c2ccc(N3c4ccccc4-c4ccccc4-c4cc(-c5ccc6c(c5)-c5ccccc5-c5ccccc5N6c5cccc(-c6ccccc6)c5)ccc43)cc2)cc1. The van der Waals surface area contributed by atoms with E-state index in [9.17, 15) is 0 Å². The largest absolute Gasteiger partial charge is 0.309 e. The molecule has 2 aliphatic heterocycles. The number of anilines is 6. The van der Waals surface area contributed by atoms with Crippen LogP contribution in [0.25, 0.3) is 77.9 Å². The van der Waals surface area contributed by atoms with Gasteiger partial charge in [0.2, 0.25) is 0 Å². The van der Waals surface area contributed by atoms with Crippen LogP contribution in [0.5, 0.6) is 0 Å². The average molecular weight is 789 g/mol. The molecule has 0 amide bonds. The number of fused-ring (bicyclic) bond motifs is 10. The summed E-state index contributed by atoms with van der Waals surface area (Å²) in [6, 6.07) is 88.7. The predicted molar refractivity (Wildman–Crippen MR) is 261 cm³/mol. The molecule has 0 radical (unpaired) electrons. The van der Waals surface area contributed by atoms with Crippen LogP contribution in [0.1, 0.15) is 0 Å². The summed E-state index contributed by atoms with van der Waals surface area (Å²) in [5, 5.41) is 0. The lowest BCUT2D eigenvalue weighted by Crippen LogP contribution is -2.11. The van der Waals surface area contributed by atoms with Gasteiger partial charge in [0.15, 0.2) is 0 Å². The molecule has 2 heteroatoms. The van der Waals surface area contributed by atoms with Crippen molar-refractivity contribution < 1.29 is 0 Å². The van der Waals surface area contributed by atoms with E-state index in [1.54, 1.807) is 0 Å². The van der Waals surface area contributed by atoms with Crippen LogP contribution < -0.4 is 9.80 Å². The van der Waals surface area contributed by atoms with E-state index in [2.05, 4.69) is 252 Å². The second-order valence-electron chi connectivity index (χ2n) is 16.1. The molecule has 0 N–H and O–H groups in total. The van der Waals surface area contributed by atoms with Crippen molar-refractivity contribution in [2.45, 2.75) is 0 Å². The molecule has 2 aliphatic rings. The molecule has 0 bridgehead atoms. The predicted octanol–water partition coefficient (Wildman–Crippen LogP) is 16.9. The molecule has 0 fully saturated rings. The van der Waals surface area contributed by atoms with Gasteiger partial charge >= 0.3 is 0 Å². The van der Waals surface area contributed by atoms with Crippen LogP contribution in [0.3, 0.4) is 0 Å². The van der Waals surface area contributed by atoms with E-state index in [1.165, 1.54) is 77.9 Å². The maximum absolute atomic E-state index is 2.45. The highest BCUT2D eigenvalue weighted by Crippen LogP contribution is 2.54. The molecule has 0 aliphatic carbocycles. The summed E-state index contributed by atoms with van der Waals surface area (Å²) in [6.07, 6.45) is 0. The summed E-state index contributed by atoms with van der Waals surface area (Å²) in [4.78, 5) is 4.89. The molecule has 0 saturated heterocycles. The van der Waals surface area contributed by atoms with Crippen molar-refractivity contribution in [3.8, 4) is 77.9 Å². The summed E-state index contributed by atoms with van der Waals surface area (Å²) in [6.45, 7) is 0.